The second-order valence-corrected chi connectivity index (χ2v) is 5.12. The van der Waals surface area contributed by atoms with Crippen LogP contribution in [0.15, 0.2) is 65.7 Å². The maximum Gasteiger partial charge on any atom is 0.0739 e. The van der Waals surface area contributed by atoms with Crippen molar-refractivity contribution in [3.63, 3.8) is 0 Å². The van der Waals surface area contributed by atoms with Crippen LogP contribution in [0.5, 0.6) is 0 Å². The third kappa shape index (κ3) is 2.59. The lowest BCUT2D eigenvalue weighted by molar-refractivity contribution is 0.692. The van der Waals surface area contributed by atoms with E-state index in [-0.39, 0.29) is 5.54 Å². The smallest absolute Gasteiger partial charge is 0.0739 e. The minimum absolute atomic E-state index is 0.0129. The molecule has 2 aromatic carbocycles. The van der Waals surface area contributed by atoms with Crippen LogP contribution >= 0.6 is 0 Å². The van der Waals surface area contributed by atoms with Crippen molar-refractivity contribution < 1.29 is 0 Å². The standard InChI is InChI=1S/C17H18N2/c18-13-17(11-12-17)19-16(14-7-3-1-4-8-14)15-9-5-2-6-10-15/h1-10H,11-13,18H2. The number of hydrogen-bond donors (Lipinski definition) is 1. The molecular formula is C17H18N2. The molecule has 1 fully saturated rings. The van der Waals surface area contributed by atoms with Gasteiger partial charge in [0.15, 0.2) is 0 Å². The van der Waals surface area contributed by atoms with Gasteiger partial charge < -0.3 is 5.73 Å². The quantitative estimate of drug-likeness (QED) is 0.832. The molecule has 2 N–H and O–H groups in total. The first kappa shape index (κ1) is 12.1. The highest BCUT2D eigenvalue weighted by Gasteiger charge is 2.41. The van der Waals surface area contributed by atoms with E-state index in [0.29, 0.717) is 6.54 Å². The molecule has 0 spiro atoms. The fourth-order valence-corrected chi connectivity index (χ4v) is 2.23. The van der Waals surface area contributed by atoms with Gasteiger partial charge in [-0.15, -0.1) is 0 Å². The monoisotopic (exact) mass is 250 g/mol. The van der Waals surface area contributed by atoms with Gasteiger partial charge in [-0.1, -0.05) is 60.7 Å². The molecule has 0 amide bonds. The van der Waals surface area contributed by atoms with Crippen molar-refractivity contribution >= 4 is 5.71 Å². The fraction of sp³-hybridized carbons (Fsp3) is 0.235. The fourth-order valence-electron chi connectivity index (χ4n) is 2.23. The van der Waals surface area contributed by atoms with E-state index in [1.807, 2.05) is 12.1 Å². The van der Waals surface area contributed by atoms with E-state index in [9.17, 15) is 0 Å². The van der Waals surface area contributed by atoms with E-state index in [1.165, 1.54) is 0 Å². The topological polar surface area (TPSA) is 38.4 Å². The molecule has 1 aliphatic carbocycles. The molecule has 0 unspecified atom stereocenters. The Balaban J connectivity index is 2.07. The van der Waals surface area contributed by atoms with Crippen molar-refractivity contribution in [2.75, 3.05) is 6.54 Å². The van der Waals surface area contributed by atoms with Gasteiger partial charge in [0.1, 0.15) is 0 Å². The van der Waals surface area contributed by atoms with Crippen molar-refractivity contribution in [1.29, 1.82) is 0 Å². The van der Waals surface area contributed by atoms with E-state index < -0.39 is 0 Å². The molecule has 0 atom stereocenters. The van der Waals surface area contributed by atoms with Crippen molar-refractivity contribution in [2.24, 2.45) is 10.7 Å². The molecular weight excluding hydrogens is 232 g/mol. The summed E-state index contributed by atoms with van der Waals surface area (Å²) >= 11 is 0. The summed E-state index contributed by atoms with van der Waals surface area (Å²) in [5.41, 5.74) is 9.23. The number of aliphatic imine (C=N–C) groups is 1. The summed E-state index contributed by atoms with van der Waals surface area (Å²) < 4.78 is 0. The molecule has 0 heterocycles. The van der Waals surface area contributed by atoms with E-state index in [0.717, 1.165) is 29.7 Å². The van der Waals surface area contributed by atoms with Gasteiger partial charge in [0.05, 0.1) is 11.3 Å². The van der Waals surface area contributed by atoms with E-state index in [1.54, 1.807) is 0 Å². The Morgan fingerprint density at radius 3 is 1.74 bits per heavy atom. The molecule has 2 nitrogen and oxygen atoms in total. The van der Waals surface area contributed by atoms with Crippen LogP contribution in [0, 0.1) is 0 Å². The van der Waals surface area contributed by atoms with E-state index in [2.05, 4.69) is 48.5 Å². The molecule has 1 saturated carbocycles. The van der Waals surface area contributed by atoms with Crippen LogP contribution in [0.4, 0.5) is 0 Å². The molecule has 1 aliphatic rings. The van der Waals surface area contributed by atoms with Crippen LogP contribution < -0.4 is 5.73 Å². The number of rotatable bonds is 4. The number of benzene rings is 2. The SMILES string of the molecule is NCC1(N=C(c2ccccc2)c2ccccc2)CC1. The Hall–Kier alpha value is -1.93. The van der Waals surface area contributed by atoms with Crippen molar-refractivity contribution in [3.05, 3.63) is 71.8 Å². The first-order valence-corrected chi connectivity index (χ1v) is 6.74. The Morgan fingerprint density at radius 1 is 0.895 bits per heavy atom. The van der Waals surface area contributed by atoms with Crippen molar-refractivity contribution in [3.8, 4) is 0 Å². The first-order valence-electron chi connectivity index (χ1n) is 6.74. The highest BCUT2D eigenvalue weighted by Crippen LogP contribution is 2.39. The summed E-state index contributed by atoms with van der Waals surface area (Å²) in [6, 6.07) is 20.7. The highest BCUT2D eigenvalue weighted by atomic mass is 15.0. The van der Waals surface area contributed by atoms with Crippen LogP contribution in [-0.4, -0.2) is 17.8 Å². The van der Waals surface area contributed by atoms with Gasteiger partial charge in [0.2, 0.25) is 0 Å². The van der Waals surface area contributed by atoms with Gasteiger partial charge in [-0.05, 0) is 12.8 Å². The average Bonchev–Trinajstić information content (AvgIpc) is 3.27. The summed E-state index contributed by atoms with van der Waals surface area (Å²) in [6.07, 6.45) is 2.21. The summed E-state index contributed by atoms with van der Waals surface area (Å²) in [5.74, 6) is 0. The molecule has 0 bridgehead atoms. The van der Waals surface area contributed by atoms with Crippen LogP contribution in [0.25, 0.3) is 0 Å². The lowest BCUT2D eigenvalue weighted by atomic mass is 10.0. The number of nitrogens with zero attached hydrogens (tertiary/aromatic N) is 1. The van der Waals surface area contributed by atoms with Crippen molar-refractivity contribution in [1.82, 2.24) is 0 Å². The van der Waals surface area contributed by atoms with Crippen LogP contribution in [0.1, 0.15) is 24.0 Å². The molecule has 96 valence electrons. The molecule has 0 aliphatic heterocycles. The summed E-state index contributed by atoms with van der Waals surface area (Å²) in [6.45, 7) is 0.635. The normalized spacial score (nSPS) is 15.8. The van der Waals surface area contributed by atoms with Crippen LogP contribution in [0.3, 0.4) is 0 Å². The van der Waals surface area contributed by atoms with Gasteiger partial charge in [-0.2, -0.15) is 0 Å². The zero-order valence-corrected chi connectivity index (χ0v) is 10.9. The molecule has 0 aromatic heterocycles. The van der Waals surface area contributed by atoms with E-state index >= 15 is 0 Å². The summed E-state index contributed by atoms with van der Waals surface area (Å²) in [5, 5.41) is 0. The minimum atomic E-state index is -0.0129. The predicted molar refractivity (Wildman–Crippen MR) is 79.5 cm³/mol. The lowest BCUT2D eigenvalue weighted by Crippen LogP contribution is -2.22. The zero-order valence-electron chi connectivity index (χ0n) is 10.9. The molecule has 0 saturated heterocycles. The highest BCUT2D eigenvalue weighted by molar-refractivity contribution is 6.13. The maximum atomic E-state index is 5.87. The maximum absolute atomic E-state index is 5.87. The van der Waals surface area contributed by atoms with Gasteiger partial charge >= 0.3 is 0 Å². The molecule has 2 heteroatoms. The molecule has 0 radical (unpaired) electrons. The summed E-state index contributed by atoms with van der Waals surface area (Å²) in [7, 11) is 0. The second-order valence-electron chi connectivity index (χ2n) is 5.12. The largest absolute Gasteiger partial charge is 0.328 e. The van der Waals surface area contributed by atoms with E-state index in [4.69, 9.17) is 10.7 Å². The number of nitrogens with two attached hydrogens (primary N) is 1. The minimum Gasteiger partial charge on any atom is -0.328 e. The lowest BCUT2D eigenvalue weighted by Gasteiger charge is -2.12. The van der Waals surface area contributed by atoms with Crippen LogP contribution in [0.2, 0.25) is 0 Å². The number of hydrogen-bond acceptors (Lipinski definition) is 2. The third-order valence-corrected chi connectivity index (χ3v) is 3.65. The molecule has 2 aromatic rings. The second kappa shape index (κ2) is 4.98. The Bertz CT molecular complexity index is 527. The average molecular weight is 250 g/mol. The van der Waals surface area contributed by atoms with Gasteiger partial charge in [0, 0.05) is 17.7 Å². The zero-order chi connectivity index (χ0) is 13.1. The summed E-state index contributed by atoms with van der Waals surface area (Å²) in [4.78, 5) is 4.97. The van der Waals surface area contributed by atoms with Crippen LogP contribution in [-0.2, 0) is 0 Å². The van der Waals surface area contributed by atoms with Crippen molar-refractivity contribution in [2.45, 2.75) is 18.4 Å². The van der Waals surface area contributed by atoms with Gasteiger partial charge in [0.25, 0.3) is 0 Å². The third-order valence-electron chi connectivity index (χ3n) is 3.65. The molecule has 19 heavy (non-hydrogen) atoms. The Kier molecular flexibility index (Phi) is 3.18. The predicted octanol–water partition coefficient (Wildman–Crippen LogP) is 3.02. The first-order chi connectivity index (χ1) is 9.33. The Morgan fingerprint density at radius 2 is 1.37 bits per heavy atom. The van der Waals surface area contributed by atoms with Gasteiger partial charge in [-0.3, -0.25) is 4.99 Å². The Labute approximate surface area is 114 Å². The van der Waals surface area contributed by atoms with Gasteiger partial charge in [-0.25, -0.2) is 0 Å². The molecule has 3 rings (SSSR count).